The highest BCUT2D eigenvalue weighted by molar-refractivity contribution is 5.70. The van der Waals surface area contributed by atoms with Gasteiger partial charge in [-0.05, 0) is 44.9 Å². The summed E-state index contributed by atoms with van der Waals surface area (Å²) in [6.45, 7) is 4.13. The van der Waals surface area contributed by atoms with Crippen LogP contribution in [-0.4, -0.2) is 36.4 Å². The average molecular weight is 719 g/mol. The molecule has 0 heterocycles. The SMILES string of the molecule is CCCCC/C=C\C/C=C\CCCCCCCC(=O)OC(CO)COC(=O)CCCCCCCCCCCCCCCCCCCCCCCC. The van der Waals surface area contributed by atoms with Crippen molar-refractivity contribution in [1.82, 2.24) is 0 Å². The molecule has 1 unspecified atom stereocenters. The molecule has 0 aliphatic carbocycles. The second-order valence-electron chi connectivity index (χ2n) is 15.1. The van der Waals surface area contributed by atoms with Crippen LogP contribution >= 0.6 is 0 Å². The van der Waals surface area contributed by atoms with Crippen molar-refractivity contribution in [2.75, 3.05) is 13.2 Å². The lowest BCUT2D eigenvalue weighted by atomic mass is 10.0. The third-order valence-electron chi connectivity index (χ3n) is 10.00. The molecule has 0 aliphatic rings. The predicted octanol–water partition coefficient (Wildman–Crippen LogP) is 14.2. The fourth-order valence-corrected chi connectivity index (χ4v) is 6.59. The van der Waals surface area contributed by atoms with Crippen molar-refractivity contribution in [2.24, 2.45) is 0 Å². The molecule has 0 radical (unpaired) electrons. The molecule has 0 saturated heterocycles. The van der Waals surface area contributed by atoms with Gasteiger partial charge in [-0.2, -0.15) is 0 Å². The van der Waals surface area contributed by atoms with E-state index in [1.165, 1.54) is 161 Å². The normalized spacial score (nSPS) is 12.3. The average Bonchev–Trinajstić information content (AvgIpc) is 3.13. The van der Waals surface area contributed by atoms with Crippen LogP contribution < -0.4 is 0 Å². The molecule has 0 aliphatic heterocycles. The second-order valence-corrected chi connectivity index (χ2v) is 15.1. The predicted molar refractivity (Wildman–Crippen MR) is 219 cm³/mol. The summed E-state index contributed by atoms with van der Waals surface area (Å²) in [5.41, 5.74) is 0. The molecular formula is C46H86O5. The van der Waals surface area contributed by atoms with Gasteiger partial charge in [0.1, 0.15) is 6.61 Å². The van der Waals surface area contributed by atoms with Crippen LogP contribution in [0.2, 0.25) is 0 Å². The Morgan fingerprint density at radius 1 is 0.451 bits per heavy atom. The molecule has 0 spiro atoms. The number of aliphatic hydroxyl groups is 1. The summed E-state index contributed by atoms with van der Waals surface area (Å²) in [6.07, 6.45) is 51.1. The van der Waals surface area contributed by atoms with Crippen LogP contribution in [-0.2, 0) is 19.1 Å². The van der Waals surface area contributed by atoms with Gasteiger partial charge in [-0.15, -0.1) is 0 Å². The molecule has 300 valence electrons. The molecule has 51 heavy (non-hydrogen) atoms. The summed E-state index contributed by atoms with van der Waals surface area (Å²) in [6, 6.07) is 0. The molecule has 0 saturated carbocycles. The van der Waals surface area contributed by atoms with Crippen molar-refractivity contribution in [3.63, 3.8) is 0 Å². The summed E-state index contributed by atoms with van der Waals surface area (Å²) in [4.78, 5) is 24.3. The lowest BCUT2D eigenvalue weighted by molar-refractivity contribution is -0.161. The summed E-state index contributed by atoms with van der Waals surface area (Å²) in [5, 5.41) is 9.58. The lowest BCUT2D eigenvalue weighted by Crippen LogP contribution is -2.28. The number of esters is 2. The van der Waals surface area contributed by atoms with Gasteiger partial charge in [-0.3, -0.25) is 9.59 Å². The highest BCUT2D eigenvalue weighted by Gasteiger charge is 2.16. The highest BCUT2D eigenvalue weighted by Crippen LogP contribution is 2.16. The van der Waals surface area contributed by atoms with Crippen molar-refractivity contribution >= 4 is 11.9 Å². The molecule has 0 fully saturated rings. The van der Waals surface area contributed by atoms with Gasteiger partial charge in [0.05, 0.1) is 6.61 Å². The first kappa shape index (κ1) is 49.4. The number of hydrogen-bond acceptors (Lipinski definition) is 5. The Kier molecular flexibility index (Phi) is 41.4. The van der Waals surface area contributed by atoms with Gasteiger partial charge in [0.2, 0.25) is 0 Å². The standard InChI is InChI=1S/C46H86O5/c1-3-5-7-9-11-13-15-17-19-20-21-22-23-24-25-27-28-30-32-34-36-38-40-45(48)50-43-44(42-47)51-46(49)41-39-37-35-33-31-29-26-18-16-14-12-10-8-6-4-2/h12,14,18,26,44,47H,3-11,13,15-17,19-25,27-43H2,1-2H3/b14-12-,26-18-. The molecule has 1 N–H and O–H groups in total. The number of aliphatic hydroxyl groups excluding tert-OH is 1. The van der Waals surface area contributed by atoms with Crippen LogP contribution in [0.15, 0.2) is 24.3 Å². The third-order valence-corrected chi connectivity index (χ3v) is 10.00. The van der Waals surface area contributed by atoms with E-state index in [-0.39, 0.29) is 25.2 Å². The molecule has 0 bridgehead atoms. The number of carbonyl (C=O) groups excluding carboxylic acids is 2. The van der Waals surface area contributed by atoms with Crippen LogP contribution in [0.5, 0.6) is 0 Å². The van der Waals surface area contributed by atoms with E-state index in [9.17, 15) is 14.7 Å². The second kappa shape index (κ2) is 42.8. The molecular weight excluding hydrogens is 633 g/mol. The minimum Gasteiger partial charge on any atom is -0.462 e. The Bertz CT molecular complexity index is 776. The summed E-state index contributed by atoms with van der Waals surface area (Å²) in [5.74, 6) is -0.596. The Morgan fingerprint density at radius 2 is 0.784 bits per heavy atom. The van der Waals surface area contributed by atoms with Crippen LogP contribution in [0.1, 0.15) is 239 Å². The van der Waals surface area contributed by atoms with Crippen LogP contribution in [0, 0.1) is 0 Å². The van der Waals surface area contributed by atoms with E-state index in [2.05, 4.69) is 38.2 Å². The summed E-state index contributed by atoms with van der Waals surface area (Å²) in [7, 11) is 0. The zero-order valence-electron chi connectivity index (χ0n) is 34.1. The van der Waals surface area contributed by atoms with E-state index in [4.69, 9.17) is 9.47 Å². The highest BCUT2D eigenvalue weighted by atomic mass is 16.6. The lowest BCUT2D eigenvalue weighted by Gasteiger charge is -2.15. The molecule has 0 aromatic rings. The van der Waals surface area contributed by atoms with E-state index in [0.717, 1.165) is 51.4 Å². The Morgan fingerprint density at radius 3 is 1.20 bits per heavy atom. The van der Waals surface area contributed by atoms with Crippen molar-refractivity contribution in [1.29, 1.82) is 0 Å². The fourth-order valence-electron chi connectivity index (χ4n) is 6.59. The number of unbranched alkanes of at least 4 members (excludes halogenated alkanes) is 29. The number of allylic oxidation sites excluding steroid dienone is 4. The van der Waals surface area contributed by atoms with Crippen molar-refractivity contribution in [3.8, 4) is 0 Å². The maximum Gasteiger partial charge on any atom is 0.306 e. The van der Waals surface area contributed by atoms with Crippen LogP contribution in [0.25, 0.3) is 0 Å². The van der Waals surface area contributed by atoms with E-state index < -0.39 is 6.10 Å². The minimum absolute atomic E-state index is 0.0669. The molecule has 0 amide bonds. The molecule has 5 heteroatoms. The zero-order valence-corrected chi connectivity index (χ0v) is 34.1. The van der Waals surface area contributed by atoms with E-state index in [1.807, 2.05) is 0 Å². The number of hydrogen-bond donors (Lipinski definition) is 1. The third kappa shape index (κ3) is 41.0. The molecule has 5 nitrogen and oxygen atoms in total. The molecule has 1 atom stereocenters. The quantitative estimate of drug-likeness (QED) is 0.0387. The number of carbonyl (C=O) groups is 2. The van der Waals surface area contributed by atoms with Gasteiger partial charge in [0.15, 0.2) is 6.10 Å². The van der Waals surface area contributed by atoms with Gasteiger partial charge in [-0.25, -0.2) is 0 Å². The monoisotopic (exact) mass is 719 g/mol. The van der Waals surface area contributed by atoms with Gasteiger partial charge in [-0.1, -0.05) is 205 Å². The van der Waals surface area contributed by atoms with E-state index >= 15 is 0 Å². The van der Waals surface area contributed by atoms with E-state index in [0.29, 0.717) is 12.8 Å². The van der Waals surface area contributed by atoms with Crippen LogP contribution in [0.3, 0.4) is 0 Å². The Labute approximate surface area is 317 Å². The minimum atomic E-state index is -0.774. The topological polar surface area (TPSA) is 72.8 Å². The molecule has 0 aromatic carbocycles. The summed E-state index contributed by atoms with van der Waals surface area (Å²) < 4.78 is 10.6. The first-order chi connectivity index (χ1) is 25.1. The molecule has 0 rings (SSSR count). The maximum absolute atomic E-state index is 12.2. The summed E-state index contributed by atoms with van der Waals surface area (Å²) >= 11 is 0. The van der Waals surface area contributed by atoms with Crippen molar-refractivity contribution < 1.29 is 24.2 Å². The first-order valence-electron chi connectivity index (χ1n) is 22.4. The van der Waals surface area contributed by atoms with E-state index in [1.54, 1.807) is 0 Å². The van der Waals surface area contributed by atoms with Gasteiger partial charge >= 0.3 is 11.9 Å². The van der Waals surface area contributed by atoms with Gasteiger partial charge in [0, 0.05) is 12.8 Å². The fraction of sp³-hybridized carbons (Fsp3) is 0.870. The number of ether oxygens (including phenoxy) is 2. The van der Waals surface area contributed by atoms with Gasteiger partial charge in [0.25, 0.3) is 0 Å². The Balaban J connectivity index is 3.48. The first-order valence-corrected chi connectivity index (χ1v) is 22.4. The van der Waals surface area contributed by atoms with Gasteiger partial charge < -0.3 is 14.6 Å². The van der Waals surface area contributed by atoms with Crippen molar-refractivity contribution in [2.45, 2.75) is 245 Å². The van der Waals surface area contributed by atoms with Crippen molar-refractivity contribution in [3.05, 3.63) is 24.3 Å². The number of rotatable bonds is 41. The largest absolute Gasteiger partial charge is 0.462 e. The Hall–Kier alpha value is -1.62. The smallest absolute Gasteiger partial charge is 0.306 e. The molecule has 0 aromatic heterocycles. The zero-order chi connectivity index (χ0) is 37.1. The van der Waals surface area contributed by atoms with Crippen LogP contribution in [0.4, 0.5) is 0 Å². The maximum atomic E-state index is 12.2.